The number of carbonyl (C=O) groups is 1. The van der Waals surface area contributed by atoms with Gasteiger partial charge in [-0.2, -0.15) is 0 Å². The van der Waals surface area contributed by atoms with Gasteiger partial charge in [0.05, 0.1) is 11.1 Å². The Morgan fingerprint density at radius 1 is 1.05 bits per heavy atom. The molecule has 20 heavy (non-hydrogen) atoms. The van der Waals surface area contributed by atoms with Crippen LogP contribution in [0.1, 0.15) is 10.4 Å². The van der Waals surface area contributed by atoms with Gasteiger partial charge in [0.2, 0.25) is 0 Å². The number of aromatic nitrogens is 1. The van der Waals surface area contributed by atoms with E-state index in [9.17, 15) is 4.79 Å². The number of fused-ring (bicyclic) bond motifs is 1. The van der Waals surface area contributed by atoms with Crippen LogP contribution in [0, 0.1) is 0 Å². The van der Waals surface area contributed by atoms with Crippen LogP contribution in [0.5, 0.6) is 0 Å². The molecule has 98 valence electrons. The van der Waals surface area contributed by atoms with Crippen molar-refractivity contribution in [2.75, 3.05) is 5.32 Å². The highest BCUT2D eigenvalue weighted by molar-refractivity contribution is 6.31. The Morgan fingerprint density at radius 2 is 1.85 bits per heavy atom. The van der Waals surface area contributed by atoms with Crippen molar-refractivity contribution in [3.8, 4) is 0 Å². The normalized spacial score (nSPS) is 10.4. The molecule has 0 spiro atoms. The summed E-state index contributed by atoms with van der Waals surface area (Å²) in [5.74, 6) is -0.198. The molecule has 1 N–H and O–H groups in total. The molecule has 1 aromatic heterocycles. The van der Waals surface area contributed by atoms with Crippen molar-refractivity contribution in [1.29, 1.82) is 0 Å². The fourth-order valence-corrected chi connectivity index (χ4v) is 2.24. The van der Waals surface area contributed by atoms with E-state index in [1.807, 2.05) is 24.3 Å². The summed E-state index contributed by atoms with van der Waals surface area (Å²) in [6, 6.07) is 16.4. The molecule has 3 nitrogen and oxygen atoms in total. The summed E-state index contributed by atoms with van der Waals surface area (Å²) >= 11 is 5.91. The molecule has 0 aliphatic carbocycles. The summed E-state index contributed by atoms with van der Waals surface area (Å²) in [5, 5.41) is 4.35. The summed E-state index contributed by atoms with van der Waals surface area (Å²) in [4.78, 5) is 16.6. The number of anilines is 1. The van der Waals surface area contributed by atoms with E-state index in [4.69, 9.17) is 11.6 Å². The average Bonchev–Trinajstić information content (AvgIpc) is 2.46. The van der Waals surface area contributed by atoms with Crippen molar-refractivity contribution < 1.29 is 4.79 Å². The number of carbonyl (C=O) groups excluding carboxylic acids is 1. The molecule has 0 fully saturated rings. The first-order valence-electron chi connectivity index (χ1n) is 6.15. The van der Waals surface area contributed by atoms with Gasteiger partial charge >= 0.3 is 0 Å². The Balaban J connectivity index is 1.97. The third kappa shape index (κ3) is 2.49. The van der Waals surface area contributed by atoms with Gasteiger partial charge in [0.25, 0.3) is 5.91 Å². The number of rotatable bonds is 2. The van der Waals surface area contributed by atoms with Crippen LogP contribution in [-0.4, -0.2) is 10.9 Å². The second-order valence-electron chi connectivity index (χ2n) is 4.35. The Labute approximate surface area is 121 Å². The van der Waals surface area contributed by atoms with E-state index >= 15 is 0 Å². The van der Waals surface area contributed by atoms with Crippen molar-refractivity contribution in [1.82, 2.24) is 4.98 Å². The minimum absolute atomic E-state index is 0.198. The Bertz CT molecular complexity index is 781. The molecule has 4 heteroatoms. The number of pyridine rings is 1. The minimum atomic E-state index is -0.198. The third-order valence-electron chi connectivity index (χ3n) is 2.96. The van der Waals surface area contributed by atoms with Crippen molar-refractivity contribution in [2.24, 2.45) is 0 Å². The van der Waals surface area contributed by atoms with Gasteiger partial charge < -0.3 is 5.32 Å². The highest BCUT2D eigenvalue weighted by Gasteiger charge is 2.10. The molecule has 0 radical (unpaired) electrons. The first kappa shape index (κ1) is 12.6. The highest BCUT2D eigenvalue weighted by Crippen LogP contribution is 2.19. The average molecular weight is 283 g/mol. The molecule has 0 saturated carbocycles. The van der Waals surface area contributed by atoms with Crippen LogP contribution < -0.4 is 5.32 Å². The van der Waals surface area contributed by atoms with Crippen LogP contribution in [0.15, 0.2) is 60.8 Å². The number of benzene rings is 2. The third-order valence-corrected chi connectivity index (χ3v) is 3.19. The number of hydrogen-bond acceptors (Lipinski definition) is 2. The maximum Gasteiger partial charge on any atom is 0.257 e. The van der Waals surface area contributed by atoms with Gasteiger partial charge in [0.1, 0.15) is 0 Å². The van der Waals surface area contributed by atoms with Gasteiger partial charge in [-0.3, -0.25) is 9.78 Å². The molecule has 3 aromatic rings. The first-order valence-corrected chi connectivity index (χ1v) is 6.52. The van der Waals surface area contributed by atoms with E-state index in [0.29, 0.717) is 21.8 Å². The van der Waals surface area contributed by atoms with Crippen LogP contribution in [-0.2, 0) is 0 Å². The van der Waals surface area contributed by atoms with Crippen LogP contribution in [0.25, 0.3) is 10.9 Å². The van der Waals surface area contributed by atoms with Gasteiger partial charge in [-0.15, -0.1) is 0 Å². The molecule has 0 aliphatic heterocycles. The zero-order chi connectivity index (χ0) is 13.9. The molecular formula is C16H11ClN2O. The van der Waals surface area contributed by atoms with Gasteiger partial charge in [-0.05, 0) is 30.3 Å². The zero-order valence-electron chi connectivity index (χ0n) is 10.5. The summed E-state index contributed by atoms with van der Waals surface area (Å²) in [6.07, 6.45) is 1.68. The first-order chi connectivity index (χ1) is 9.74. The number of para-hydroxylation sites is 1. The van der Waals surface area contributed by atoms with Crippen molar-refractivity contribution >= 4 is 34.1 Å². The Morgan fingerprint density at radius 3 is 2.70 bits per heavy atom. The van der Waals surface area contributed by atoms with Gasteiger partial charge in [-0.1, -0.05) is 35.9 Å². The second-order valence-corrected chi connectivity index (χ2v) is 4.78. The highest BCUT2D eigenvalue weighted by atomic mass is 35.5. The number of nitrogens with zero attached hydrogens (tertiary/aromatic N) is 1. The van der Waals surface area contributed by atoms with Crippen molar-refractivity contribution in [3.05, 3.63) is 71.4 Å². The molecule has 0 aliphatic rings. The SMILES string of the molecule is O=C(Nc1cccc(Cl)c1)c1cccc2cccnc12. The molecule has 0 saturated heterocycles. The molecule has 0 atom stereocenters. The van der Waals surface area contributed by atoms with E-state index in [2.05, 4.69) is 10.3 Å². The predicted molar refractivity (Wildman–Crippen MR) is 81.1 cm³/mol. The van der Waals surface area contributed by atoms with Gasteiger partial charge in [0.15, 0.2) is 0 Å². The second kappa shape index (κ2) is 5.31. The number of amides is 1. The maximum absolute atomic E-state index is 12.3. The van der Waals surface area contributed by atoms with Crippen LogP contribution in [0.3, 0.4) is 0 Å². The van der Waals surface area contributed by atoms with Crippen molar-refractivity contribution in [3.63, 3.8) is 0 Å². The quantitative estimate of drug-likeness (QED) is 0.767. The van der Waals surface area contributed by atoms with E-state index in [1.54, 1.807) is 36.5 Å². The zero-order valence-corrected chi connectivity index (χ0v) is 11.3. The maximum atomic E-state index is 12.3. The molecule has 1 amide bonds. The minimum Gasteiger partial charge on any atom is -0.322 e. The molecule has 1 heterocycles. The fraction of sp³-hybridized carbons (Fsp3) is 0. The number of nitrogens with one attached hydrogen (secondary N) is 1. The topological polar surface area (TPSA) is 42.0 Å². The fourth-order valence-electron chi connectivity index (χ4n) is 2.05. The molecule has 0 unspecified atom stereocenters. The summed E-state index contributed by atoms with van der Waals surface area (Å²) < 4.78 is 0. The van der Waals surface area contributed by atoms with Crippen LogP contribution >= 0.6 is 11.6 Å². The molecule has 3 rings (SSSR count). The van der Waals surface area contributed by atoms with E-state index in [1.165, 1.54) is 0 Å². The number of hydrogen-bond donors (Lipinski definition) is 1. The van der Waals surface area contributed by atoms with Crippen LogP contribution in [0.4, 0.5) is 5.69 Å². The summed E-state index contributed by atoms with van der Waals surface area (Å²) in [6.45, 7) is 0. The lowest BCUT2D eigenvalue weighted by Crippen LogP contribution is -2.12. The van der Waals surface area contributed by atoms with E-state index in [-0.39, 0.29) is 5.91 Å². The molecule has 2 aromatic carbocycles. The lowest BCUT2D eigenvalue weighted by molar-refractivity contribution is 0.102. The largest absolute Gasteiger partial charge is 0.322 e. The van der Waals surface area contributed by atoms with Crippen molar-refractivity contribution in [2.45, 2.75) is 0 Å². The standard InChI is InChI=1S/C16H11ClN2O/c17-12-6-2-7-13(10-12)19-16(20)14-8-1-4-11-5-3-9-18-15(11)14/h1-10H,(H,19,20). The Hall–Kier alpha value is -2.39. The monoisotopic (exact) mass is 282 g/mol. The molecule has 0 bridgehead atoms. The summed E-state index contributed by atoms with van der Waals surface area (Å²) in [7, 11) is 0. The lowest BCUT2D eigenvalue weighted by Gasteiger charge is -2.07. The van der Waals surface area contributed by atoms with E-state index in [0.717, 1.165) is 5.39 Å². The van der Waals surface area contributed by atoms with Gasteiger partial charge in [-0.25, -0.2) is 0 Å². The molecular weight excluding hydrogens is 272 g/mol. The van der Waals surface area contributed by atoms with E-state index < -0.39 is 0 Å². The smallest absolute Gasteiger partial charge is 0.257 e. The number of halogens is 1. The van der Waals surface area contributed by atoms with Crippen LogP contribution in [0.2, 0.25) is 5.02 Å². The lowest BCUT2D eigenvalue weighted by atomic mass is 10.1. The van der Waals surface area contributed by atoms with Gasteiger partial charge in [0, 0.05) is 22.3 Å². The Kier molecular flexibility index (Phi) is 3.35. The summed E-state index contributed by atoms with van der Waals surface area (Å²) in [5.41, 5.74) is 1.90. The predicted octanol–water partition coefficient (Wildman–Crippen LogP) is 4.14.